The summed E-state index contributed by atoms with van der Waals surface area (Å²) < 4.78 is 0. The number of nitro benzene ring substituents is 1. The third-order valence-corrected chi connectivity index (χ3v) is 3.17. The van der Waals surface area contributed by atoms with Crippen LogP contribution < -0.4 is 11.1 Å². The van der Waals surface area contributed by atoms with Gasteiger partial charge in [-0.1, -0.05) is 17.7 Å². The average Bonchev–Trinajstić information content (AvgIpc) is 2.33. The molecule has 0 amide bonds. The maximum absolute atomic E-state index is 10.7. The van der Waals surface area contributed by atoms with Gasteiger partial charge in [-0.15, -0.1) is 0 Å². The number of nitrogens with one attached hydrogen (secondary N) is 1. The smallest absolute Gasteiger partial charge is 0.292 e. The van der Waals surface area contributed by atoms with Crippen molar-refractivity contribution in [2.45, 2.75) is 20.8 Å². The molecule has 0 fully saturated rings. The number of benzene rings is 2. The zero-order valence-corrected chi connectivity index (χ0v) is 11.7. The van der Waals surface area contributed by atoms with Gasteiger partial charge in [-0.3, -0.25) is 10.1 Å². The maximum Gasteiger partial charge on any atom is 0.292 e. The van der Waals surface area contributed by atoms with Crippen LogP contribution in [0, 0.1) is 30.9 Å². The highest BCUT2D eigenvalue weighted by Crippen LogP contribution is 2.29. The van der Waals surface area contributed by atoms with E-state index in [0.29, 0.717) is 0 Å². The van der Waals surface area contributed by atoms with E-state index in [1.807, 2.05) is 20.8 Å². The van der Waals surface area contributed by atoms with Crippen LogP contribution in [0.3, 0.4) is 0 Å². The number of nitrogen functional groups attached to an aromatic ring is 1. The molecule has 0 radical (unpaired) electrons. The number of aryl methyl sites for hydroxylation is 3. The predicted molar refractivity (Wildman–Crippen MR) is 81.4 cm³/mol. The molecule has 0 unspecified atom stereocenters. The summed E-state index contributed by atoms with van der Waals surface area (Å²) in [5.41, 5.74) is 11.0. The Labute approximate surface area is 117 Å². The summed E-state index contributed by atoms with van der Waals surface area (Å²) in [6.45, 7) is 6.10. The first kappa shape index (κ1) is 13.9. The van der Waals surface area contributed by atoms with Crippen LogP contribution in [0.2, 0.25) is 0 Å². The van der Waals surface area contributed by atoms with Crippen molar-refractivity contribution in [1.82, 2.24) is 0 Å². The molecule has 0 heterocycles. The van der Waals surface area contributed by atoms with E-state index in [-0.39, 0.29) is 11.4 Å². The molecule has 0 aliphatic rings. The third-order valence-electron chi connectivity index (χ3n) is 3.17. The molecule has 0 saturated heterocycles. The lowest BCUT2D eigenvalue weighted by atomic mass is 10.0. The second-order valence-electron chi connectivity index (χ2n) is 4.93. The second-order valence-corrected chi connectivity index (χ2v) is 4.93. The Morgan fingerprint density at radius 2 is 1.70 bits per heavy atom. The van der Waals surface area contributed by atoms with Crippen molar-refractivity contribution in [2.75, 3.05) is 11.1 Å². The van der Waals surface area contributed by atoms with Gasteiger partial charge < -0.3 is 11.1 Å². The van der Waals surface area contributed by atoms with Gasteiger partial charge >= 0.3 is 0 Å². The number of anilines is 3. The summed E-state index contributed by atoms with van der Waals surface area (Å²) in [4.78, 5) is 10.3. The SMILES string of the molecule is Cc1cc(C)c(Nc2ccc([N+](=O)[O-])c(N)c2)c(C)c1. The minimum Gasteiger partial charge on any atom is -0.393 e. The van der Waals surface area contributed by atoms with Crippen LogP contribution in [0.1, 0.15) is 16.7 Å². The van der Waals surface area contributed by atoms with Crippen molar-refractivity contribution in [3.63, 3.8) is 0 Å². The van der Waals surface area contributed by atoms with Gasteiger partial charge in [-0.25, -0.2) is 0 Å². The fourth-order valence-corrected chi connectivity index (χ4v) is 2.32. The summed E-state index contributed by atoms with van der Waals surface area (Å²) >= 11 is 0. The molecule has 2 aromatic carbocycles. The largest absolute Gasteiger partial charge is 0.393 e. The number of nitrogens with zero attached hydrogens (tertiary/aromatic N) is 1. The van der Waals surface area contributed by atoms with Gasteiger partial charge in [0.1, 0.15) is 5.69 Å². The predicted octanol–water partition coefficient (Wildman–Crippen LogP) is 3.85. The molecule has 3 N–H and O–H groups in total. The Balaban J connectivity index is 2.36. The van der Waals surface area contributed by atoms with E-state index in [2.05, 4.69) is 17.4 Å². The van der Waals surface area contributed by atoms with Gasteiger partial charge in [0.2, 0.25) is 0 Å². The molecule has 2 rings (SSSR count). The van der Waals surface area contributed by atoms with Crippen LogP contribution >= 0.6 is 0 Å². The molecule has 0 spiro atoms. The van der Waals surface area contributed by atoms with Crippen LogP contribution in [0.15, 0.2) is 30.3 Å². The lowest BCUT2D eigenvalue weighted by Gasteiger charge is -2.14. The number of hydrogen-bond acceptors (Lipinski definition) is 4. The second kappa shape index (κ2) is 5.21. The van der Waals surface area contributed by atoms with Crippen LogP contribution in [-0.4, -0.2) is 4.92 Å². The molecule has 5 heteroatoms. The van der Waals surface area contributed by atoms with Crippen molar-refractivity contribution < 1.29 is 4.92 Å². The minimum absolute atomic E-state index is 0.0760. The molecular weight excluding hydrogens is 254 g/mol. The minimum atomic E-state index is -0.485. The Kier molecular flexibility index (Phi) is 3.61. The van der Waals surface area contributed by atoms with Crippen molar-refractivity contribution in [3.05, 3.63) is 57.1 Å². The quantitative estimate of drug-likeness (QED) is 0.504. The van der Waals surface area contributed by atoms with E-state index in [1.165, 1.54) is 11.6 Å². The summed E-state index contributed by atoms with van der Waals surface area (Å²) in [5, 5.41) is 14.0. The molecule has 0 aromatic heterocycles. The normalized spacial score (nSPS) is 10.3. The Bertz CT molecular complexity index is 658. The number of hydrogen-bond donors (Lipinski definition) is 2. The molecule has 0 bridgehead atoms. The van der Waals surface area contributed by atoms with Crippen molar-refractivity contribution in [1.29, 1.82) is 0 Å². The molecule has 104 valence electrons. The molecule has 0 aliphatic heterocycles. The zero-order valence-electron chi connectivity index (χ0n) is 11.7. The molecule has 2 aromatic rings. The number of nitrogens with two attached hydrogens (primary N) is 1. The summed E-state index contributed by atoms with van der Waals surface area (Å²) in [7, 11) is 0. The molecular formula is C15H17N3O2. The highest BCUT2D eigenvalue weighted by Gasteiger charge is 2.12. The van der Waals surface area contributed by atoms with Gasteiger partial charge in [-0.05, 0) is 44.0 Å². The van der Waals surface area contributed by atoms with Gasteiger partial charge in [0.15, 0.2) is 0 Å². The van der Waals surface area contributed by atoms with E-state index in [1.54, 1.807) is 12.1 Å². The zero-order chi connectivity index (χ0) is 14.9. The van der Waals surface area contributed by atoms with E-state index >= 15 is 0 Å². The van der Waals surface area contributed by atoms with E-state index in [9.17, 15) is 10.1 Å². The average molecular weight is 271 g/mol. The van der Waals surface area contributed by atoms with Crippen LogP contribution in [0.5, 0.6) is 0 Å². The van der Waals surface area contributed by atoms with Crippen LogP contribution in [-0.2, 0) is 0 Å². The van der Waals surface area contributed by atoms with Crippen molar-refractivity contribution in [3.8, 4) is 0 Å². The first-order valence-electron chi connectivity index (χ1n) is 6.27. The Morgan fingerprint density at radius 1 is 1.10 bits per heavy atom. The fourth-order valence-electron chi connectivity index (χ4n) is 2.32. The standard InChI is InChI=1S/C15H17N3O2/c1-9-6-10(2)15(11(3)7-9)17-12-4-5-14(18(19)20)13(16)8-12/h4-8,17H,16H2,1-3H3. The summed E-state index contributed by atoms with van der Waals surface area (Å²) in [5.74, 6) is 0. The van der Waals surface area contributed by atoms with Gasteiger partial charge in [-0.2, -0.15) is 0 Å². The summed E-state index contributed by atoms with van der Waals surface area (Å²) in [6.07, 6.45) is 0. The Morgan fingerprint density at radius 3 is 2.20 bits per heavy atom. The maximum atomic E-state index is 10.7. The fraction of sp³-hybridized carbons (Fsp3) is 0.200. The molecule has 0 atom stereocenters. The van der Waals surface area contributed by atoms with Gasteiger partial charge in [0.05, 0.1) is 4.92 Å². The topological polar surface area (TPSA) is 81.2 Å². The van der Waals surface area contributed by atoms with E-state index < -0.39 is 4.92 Å². The lowest BCUT2D eigenvalue weighted by Crippen LogP contribution is -2.00. The van der Waals surface area contributed by atoms with Crippen LogP contribution in [0.4, 0.5) is 22.7 Å². The lowest BCUT2D eigenvalue weighted by molar-refractivity contribution is -0.383. The highest BCUT2D eigenvalue weighted by molar-refractivity contribution is 5.72. The van der Waals surface area contributed by atoms with E-state index in [4.69, 9.17) is 5.73 Å². The Hall–Kier alpha value is -2.56. The monoisotopic (exact) mass is 271 g/mol. The number of nitro groups is 1. The van der Waals surface area contributed by atoms with Gasteiger partial charge in [0.25, 0.3) is 5.69 Å². The number of rotatable bonds is 3. The molecule has 0 aliphatic carbocycles. The summed E-state index contributed by atoms with van der Waals surface area (Å²) in [6, 6.07) is 8.83. The molecule has 5 nitrogen and oxygen atoms in total. The third kappa shape index (κ3) is 2.71. The molecule has 20 heavy (non-hydrogen) atoms. The highest BCUT2D eigenvalue weighted by atomic mass is 16.6. The van der Waals surface area contributed by atoms with Crippen molar-refractivity contribution >= 4 is 22.7 Å². The van der Waals surface area contributed by atoms with Crippen molar-refractivity contribution in [2.24, 2.45) is 0 Å². The first-order valence-corrected chi connectivity index (χ1v) is 6.27. The molecule has 0 saturated carbocycles. The van der Waals surface area contributed by atoms with Gasteiger partial charge in [0, 0.05) is 17.4 Å². The first-order chi connectivity index (χ1) is 9.38. The van der Waals surface area contributed by atoms with E-state index in [0.717, 1.165) is 22.5 Å². The van der Waals surface area contributed by atoms with Crippen LogP contribution in [0.25, 0.3) is 0 Å².